The van der Waals surface area contributed by atoms with Gasteiger partial charge in [-0.05, 0) is 32.4 Å². The third-order valence-electron chi connectivity index (χ3n) is 3.37. The third-order valence-corrected chi connectivity index (χ3v) is 3.37. The Kier molecular flexibility index (Phi) is 8.22. The number of carbonyl (C=O) groups excluding carboxylic acids is 2. The van der Waals surface area contributed by atoms with Crippen LogP contribution in [0.3, 0.4) is 0 Å². The van der Waals surface area contributed by atoms with E-state index >= 15 is 0 Å². The van der Waals surface area contributed by atoms with Crippen LogP contribution < -0.4 is 16.0 Å². The average molecular weight is 284 g/mol. The molecule has 0 aromatic carbocycles. The van der Waals surface area contributed by atoms with E-state index in [1.165, 1.54) is 19.8 Å². The lowest BCUT2D eigenvalue weighted by Gasteiger charge is -2.24. The fourth-order valence-electron chi connectivity index (χ4n) is 2.47. The second kappa shape index (κ2) is 9.72. The van der Waals surface area contributed by atoms with Gasteiger partial charge in [-0.15, -0.1) is 0 Å². The van der Waals surface area contributed by atoms with E-state index < -0.39 is 0 Å². The van der Waals surface area contributed by atoms with Gasteiger partial charge >= 0.3 is 0 Å². The standard InChI is InChI=1S/C14H28N4O2/c1-3-9-18(10-13-5-4-6-16-13)11-14(20)17-8-7-15-12(2)19/h13,16H,3-11H2,1-2H3,(H,15,19)(H,17,20). The van der Waals surface area contributed by atoms with Crippen LogP contribution in [0.2, 0.25) is 0 Å². The lowest BCUT2D eigenvalue weighted by atomic mass is 10.2. The summed E-state index contributed by atoms with van der Waals surface area (Å²) in [5.74, 6) is -0.0408. The highest BCUT2D eigenvalue weighted by Crippen LogP contribution is 2.07. The maximum absolute atomic E-state index is 11.9. The summed E-state index contributed by atoms with van der Waals surface area (Å²) in [5.41, 5.74) is 0. The van der Waals surface area contributed by atoms with Crippen molar-refractivity contribution in [3.63, 3.8) is 0 Å². The van der Waals surface area contributed by atoms with Crippen LogP contribution in [0.4, 0.5) is 0 Å². The van der Waals surface area contributed by atoms with Gasteiger partial charge in [0, 0.05) is 32.6 Å². The Morgan fingerprint density at radius 2 is 2.05 bits per heavy atom. The summed E-state index contributed by atoms with van der Waals surface area (Å²) >= 11 is 0. The van der Waals surface area contributed by atoms with Crippen molar-refractivity contribution in [1.82, 2.24) is 20.9 Å². The summed E-state index contributed by atoms with van der Waals surface area (Å²) in [7, 11) is 0. The summed E-state index contributed by atoms with van der Waals surface area (Å²) in [4.78, 5) is 24.8. The molecule has 0 aliphatic carbocycles. The zero-order chi connectivity index (χ0) is 14.8. The molecule has 1 aliphatic rings. The van der Waals surface area contributed by atoms with Crippen molar-refractivity contribution in [3.05, 3.63) is 0 Å². The molecule has 0 radical (unpaired) electrons. The van der Waals surface area contributed by atoms with Crippen molar-refractivity contribution in [3.8, 4) is 0 Å². The summed E-state index contributed by atoms with van der Waals surface area (Å²) in [6.45, 7) is 7.98. The number of hydrogen-bond acceptors (Lipinski definition) is 4. The summed E-state index contributed by atoms with van der Waals surface area (Å²) in [6, 6.07) is 0.522. The molecule has 1 saturated heterocycles. The molecular weight excluding hydrogens is 256 g/mol. The van der Waals surface area contributed by atoms with E-state index in [4.69, 9.17) is 0 Å². The molecule has 0 aromatic heterocycles. The van der Waals surface area contributed by atoms with Crippen molar-refractivity contribution in [1.29, 1.82) is 0 Å². The fourth-order valence-corrected chi connectivity index (χ4v) is 2.47. The number of rotatable bonds is 9. The molecule has 2 amide bonds. The molecule has 0 aromatic rings. The molecule has 116 valence electrons. The van der Waals surface area contributed by atoms with Crippen molar-refractivity contribution < 1.29 is 9.59 Å². The number of hydrogen-bond donors (Lipinski definition) is 3. The summed E-state index contributed by atoms with van der Waals surface area (Å²) < 4.78 is 0. The number of carbonyl (C=O) groups is 2. The minimum absolute atomic E-state index is 0.0294. The largest absolute Gasteiger partial charge is 0.355 e. The lowest BCUT2D eigenvalue weighted by molar-refractivity contribution is -0.123. The average Bonchev–Trinajstić information content (AvgIpc) is 2.87. The zero-order valence-corrected chi connectivity index (χ0v) is 12.7. The number of amides is 2. The molecule has 20 heavy (non-hydrogen) atoms. The van der Waals surface area contributed by atoms with Crippen LogP contribution in [-0.4, -0.2) is 62.0 Å². The van der Waals surface area contributed by atoms with Crippen LogP contribution in [0, 0.1) is 0 Å². The van der Waals surface area contributed by atoms with Crippen molar-refractivity contribution in [2.24, 2.45) is 0 Å². The first-order chi connectivity index (χ1) is 9.61. The molecular formula is C14H28N4O2. The number of nitrogens with one attached hydrogen (secondary N) is 3. The van der Waals surface area contributed by atoms with E-state index in [1.54, 1.807) is 0 Å². The maximum Gasteiger partial charge on any atom is 0.234 e. The highest BCUT2D eigenvalue weighted by molar-refractivity contribution is 5.78. The van der Waals surface area contributed by atoms with Crippen molar-refractivity contribution in [2.75, 3.05) is 39.3 Å². The van der Waals surface area contributed by atoms with Gasteiger partial charge in [0.1, 0.15) is 0 Å². The van der Waals surface area contributed by atoms with Gasteiger partial charge in [0.25, 0.3) is 0 Å². The predicted octanol–water partition coefficient (Wildman–Crippen LogP) is -0.297. The van der Waals surface area contributed by atoms with Crippen LogP contribution in [0.15, 0.2) is 0 Å². The molecule has 0 saturated carbocycles. The monoisotopic (exact) mass is 284 g/mol. The fraction of sp³-hybridized carbons (Fsp3) is 0.857. The molecule has 1 rings (SSSR count). The Morgan fingerprint density at radius 1 is 1.30 bits per heavy atom. The minimum atomic E-state index is -0.0702. The molecule has 0 bridgehead atoms. The van der Waals surface area contributed by atoms with Crippen LogP contribution in [0.5, 0.6) is 0 Å². The van der Waals surface area contributed by atoms with E-state index in [1.807, 2.05) is 0 Å². The molecule has 6 nitrogen and oxygen atoms in total. The number of nitrogens with zero attached hydrogens (tertiary/aromatic N) is 1. The molecule has 1 heterocycles. The van der Waals surface area contributed by atoms with E-state index in [0.717, 1.165) is 26.1 Å². The summed E-state index contributed by atoms with van der Waals surface area (Å²) in [6.07, 6.45) is 3.48. The van der Waals surface area contributed by atoms with Crippen LogP contribution in [-0.2, 0) is 9.59 Å². The van der Waals surface area contributed by atoms with Crippen LogP contribution >= 0.6 is 0 Å². The SMILES string of the molecule is CCCN(CC(=O)NCCNC(C)=O)CC1CCCN1. The molecule has 3 N–H and O–H groups in total. The second-order valence-corrected chi connectivity index (χ2v) is 5.36. The van der Waals surface area contributed by atoms with E-state index in [9.17, 15) is 9.59 Å². The maximum atomic E-state index is 11.9. The first-order valence-electron chi connectivity index (χ1n) is 7.58. The topological polar surface area (TPSA) is 73.5 Å². The lowest BCUT2D eigenvalue weighted by Crippen LogP contribution is -2.44. The van der Waals surface area contributed by atoms with Crippen molar-refractivity contribution >= 4 is 11.8 Å². The predicted molar refractivity (Wildman–Crippen MR) is 79.4 cm³/mol. The normalized spacial score (nSPS) is 18.2. The van der Waals surface area contributed by atoms with Gasteiger partial charge in [-0.3, -0.25) is 14.5 Å². The van der Waals surface area contributed by atoms with Gasteiger partial charge in [-0.25, -0.2) is 0 Å². The first kappa shape index (κ1) is 16.9. The summed E-state index contributed by atoms with van der Waals surface area (Å²) in [5, 5.41) is 8.96. The van der Waals surface area contributed by atoms with Gasteiger partial charge in [-0.2, -0.15) is 0 Å². The molecule has 6 heteroatoms. The van der Waals surface area contributed by atoms with Crippen molar-refractivity contribution in [2.45, 2.75) is 39.2 Å². The highest BCUT2D eigenvalue weighted by Gasteiger charge is 2.18. The zero-order valence-electron chi connectivity index (χ0n) is 12.7. The Hall–Kier alpha value is -1.14. The van der Waals surface area contributed by atoms with Gasteiger partial charge < -0.3 is 16.0 Å². The van der Waals surface area contributed by atoms with Gasteiger partial charge in [0.05, 0.1) is 6.54 Å². The smallest absolute Gasteiger partial charge is 0.234 e. The Morgan fingerprint density at radius 3 is 2.65 bits per heavy atom. The molecule has 1 fully saturated rings. The molecule has 1 unspecified atom stereocenters. The highest BCUT2D eigenvalue weighted by atomic mass is 16.2. The Bertz CT molecular complexity index is 304. The van der Waals surface area contributed by atoms with E-state index in [-0.39, 0.29) is 11.8 Å². The van der Waals surface area contributed by atoms with Gasteiger partial charge in [0.2, 0.25) is 11.8 Å². The van der Waals surface area contributed by atoms with E-state index in [0.29, 0.717) is 25.7 Å². The van der Waals surface area contributed by atoms with Gasteiger partial charge in [-0.1, -0.05) is 6.92 Å². The molecule has 1 atom stereocenters. The van der Waals surface area contributed by atoms with Gasteiger partial charge in [0.15, 0.2) is 0 Å². The molecule has 1 aliphatic heterocycles. The second-order valence-electron chi connectivity index (χ2n) is 5.36. The third kappa shape index (κ3) is 7.45. The van der Waals surface area contributed by atoms with E-state index in [2.05, 4.69) is 27.8 Å². The van der Waals surface area contributed by atoms with Crippen LogP contribution in [0.25, 0.3) is 0 Å². The Balaban J connectivity index is 2.21. The first-order valence-corrected chi connectivity index (χ1v) is 7.58. The van der Waals surface area contributed by atoms with Crippen LogP contribution in [0.1, 0.15) is 33.1 Å². The Labute approximate surface area is 121 Å². The quantitative estimate of drug-likeness (QED) is 0.508. The molecule has 0 spiro atoms. The minimum Gasteiger partial charge on any atom is -0.355 e.